The van der Waals surface area contributed by atoms with Crippen LogP contribution in [-0.4, -0.2) is 46.1 Å². The van der Waals surface area contributed by atoms with Gasteiger partial charge in [-0.3, -0.25) is 14.6 Å². The van der Waals surface area contributed by atoms with Gasteiger partial charge in [0.15, 0.2) is 0 Å². The molecule has 2 heterocycles. The number of hydrogen-bond acceptors (Lipinski definition) is 6. The number of pyridine rings is 2. The summed E-state index contributed by atoms with van der Waals surface area (Å²) in [7, 11) is 0. The summed E-state index contributed by atoms with van der Waals surface area (Å²) < 4.78 is 0. The monoisotopic (exact) mass is 420 g/mol. The van der Waals surface area contributed by atoms with Gasteiger partial charge in [0.05, 0.1) is 5.56 Å². The van der Waals surface area contributed by atoms with Crippen molar-refractivity contribution in [1.82, 2.24) is 20.6 Å². The van der Waals surface area contributed by atoms with Crippen LogP contribution in [0.3, 0.4) is 0 Å². The molecule has 2 aromatic heterocycles. The van der Waals surface area contributed by atoms with Gasteiger partial charge in [-0.05, 0) is 35.9 Å². The van der Waals surface area contributed by atoms with Crippen molar-refractivity contribution in [3.05, 3.63) is 72.2 Å². The van der Waals surface area contributed by atoms with Crippen LogP contribution in [0.15, 0.2) is 61.1 Å². The highest BCUT2D eigenvalue weighted by Crippen LogP contribution is 2.23. The van der Waals surface area contributed by atoms with E-state index in [9.17, 15) is 14.4 Å². The minimum absolute atomic E-state index is 0.0984. The number of nitrogen functional groups attached to an aromatic ring is 1. The number of carbonyl (C=O) groups is 3. The number of amides is 3. The molecule has 0 aliphatic rings. The van der Waals surface area contributed by atoms with Crippen molar-refractivity contribution in [2.45, 2.75) is 0 Å². The zero-order valence-corrected chi connectivity index (χ0v) is 16.3. The first-order valence-corrected chi connectivity index (χ1v) is 9.26. The molecule has 0 unspecified atom stereocenters. The molecule has 10 nitrogen and oxygen atoms in total. The Balaban J connectivity index is 1.70. The summed E-state index contributed by atoms with van der Waals surface area (Å²) in [6.45, 7) is 0.283. The summed E-state index contributed by atoms with van der Waals surface area (Å²) in [5, 5.41) is 16.0. The number of carboxylic acid groups (broad SMARTS) is 1. The molecule has 0 fully saturated rings. The van der Waals surface area contributed by atoms with Gasteiger partial charge in [0.25, 0.3) is 11.8 Å². The molecule has 158 valence electrons. The van der Waals surface area contributed by atoms with Crippen LogP contribution in [0.5, 0.6) is 0 Å². The van der Waals surface area contributed by atoms with Crippen molar-refractivity contribution < 1.29 is 19.5 Å². The Hall–Kier alpha value is -4.47. The summed E-state index contributed by atoms with van der Waals surface area (Å²) >= 11 is 0. The van der Waals surface area contributed by atoms with Gasteiger partial charge < -0.3 is 26.8 Å². The Bertz CT molecular complexity index is 1090. The van der Waals surface area contributed by atoms with Gasteiger partial charge in [0.1, 0.15) is 5.82 Å². The predicted octanol–water partition coefficient (Wildman–Crippen LogP) is 1.98. The topological polar surface area (TPSA) is 159 Å². The molecule has 0 bridgehead atoms. The van der Waals surface area contributed by atoms with Crippen molar-refractivity contribution in [3.8, 4) is 11.1 Å². The first-order chi connectivity index (χ1) is 14.9. The lowest BCUT2D eigenvalue weighted by molar-refractivity contribution is 0.0952. The van der Waals surface area contributed by atoms with Crippen molar-refractivity contribution in [1.29, 1.82) is 0 Å². The van der Waals surface area contributed by atoms with Crippen LogP contribution in [0.1, 0.15) is 20.7 Å². The molecule has 0 radical (unpaired) electrons. The van der Waals surface area contributed by atoms with Crippen LogP contribution in [0, 0.1) is 0 Å². The number of anilines is 2. The fraction of sp³-hybridized carbons (Fsp3) is 0.0952. The molecule has 0 aliphatic heterocycles. The maximum Gasteiger partial charge on any atom is 0.404 e. The first-order valence-electron chi connectivity index (χ1n) is 9.26. The van der Waals surface area contributed by atoms with Gasteiger partial charge in [-0.1, -0.05) is 12.1 Å². The highest BCUT2D eigenvalue weighted by Gasteiger charge is 2.14. The first kappa shape index (κ1) is 21.2. The Labute approximate surface area is 177 Å². The highest BCUT2D eigenvalue weighted by atomic mass is 16.4. The zero-order valence-electron chi connectivity index (χ0n) is 16.3. The third kappa shape index (κ3) is 5.76. The molecule has 3 aromatic rings. The molecule has 3 amide bonds. The number of benzene rings is 1. The minimum Gasteiger partial charge on any atom is -0.465 e. The summed E-state index contributed by atoms with van der Waals surface area (Å²) in [6.07, 6.45) is 3.53. The Morgan fingerprint density at radius 3 is 2.26 bits per heavy atom. The molecule has 0 saturated carbocycles. The zero-order chi connectivity index (χ0) is 22.2. The van der Waals surface area contributed by atoms with E-state index in [1.54, 1.807) is 61.1 Å². The number of rotatable bonds is 7. The van der Waals surface area contributed by atoms with E-state index in [0.29, 0.717) is 16.8 Å². The lowest BCUT2D eigenvalue weighted by Gasteiger charge is -2.10. The highest BCUT2D eigenvalue weighted by molar-refractivity contribution is 6.07. The van der Waals surface area contributed by atoms with E-state index in [4.69, 9.17) is 10.8 Å². The Morgan fingerprint density at radius 1 is 0.903 bits per heavy atom. The molecule has 31 heavy (non-hydrogen) atoms. The molecule has 6 N–H and O–H groups in total. The summed E-state index contributed by atoms with van der Waals surface area (Å²) in [5.74, 6) is -0.628. The second kappa shape index (κ2) is 9.83. The fourth-order valence-corrected chi connectivity index (χ4v) is 2.71. The van der Waals surface area contributed by atoms with Crippen molar-refractivity contribution >= 4 is 29.4 Å². The van der Waals surface area contributed by atoms with Gasteiger partial charge in [0, 0.05) is 48.5 Å². The van der Waals surface area contributed by atoms with Gasteiger partial charge in [0.2, 0.25) is 0 Å². The third-order valence-electron chi connectivity index (χ3n) is 4.27. The van der Waals surface area contributed by atoms with Gasteiger partial charge in [-0.15, -0.1) is 0 Å². The van der Waals surface area contributed by atoms with Crippen LogP contribution in [0.25, 0.3) is 11.1 Å². The summed E-state index contributed by atoms with van der Waals surface area (Å²) in [6, 6.07) is 11.7. The molecule has 0 aliphatic carbocycles. The normalized spacial score (nSPS) is 10.2. The van der Waals surface area contributed by atoms with E-state index in [0.717, 1.165) is 5.56 Å². The molecule has 10 heteroatoms. The molecule has 0 saturated heterocycles. The molecule has 3 rings (SSSR count). The average Bonchev–Trinajstić information content (AvgIpc) is 2.77. The minimum atomic E-state index is -1.15. The lowest BCUT2D eigenvalue weighted by Crippen LogP contribution is -2.33. The second-order valence-corrected chi connectivity index (χ2v) is 6.41. The maximum atomic E-state index is 12.6. The maximum absolute atomic E-state index is 12.6. The largest absolute Gasteiger partial charge is 0.465 e. The van der Waals surface area contributed by atoms with E-state index < -0.39 is 12.0 Å². The van der Waals surface area contributed by atoms with E-state index >= 15 is 0 Å². The predicted molar refractivity (Wildman–Crippen MR) is 115 cm³/mol. The van der Waals surface area contributed by atoms with Crippen molar-refractivity contribution in [2.75, 3.05) is 24.1 Å². The Kier molecular flexibility index (Phi) is 6.74. The van der Waals surface area contributed by atoms with E-state index in [-0.39, 0.29) is 30.4 Å². The molecule has 1 aromatic carbocycles. The van der Waals surface area contributed by atoms with Crippen LogP contribution in [-0.2, 0) is 0 Å². The van der Waals surface area contributed by atoms with E-state index in [1.165, 1.54) is 0 Å². The summed E-state index contributed by atoms with van der Waals surface area (Å²) in [4.78, 5) is 43.1. The molecule has 0 spiro atoms. The number of hydrogen-bond donors (Lipinski definition) is 5. The van der Waals surface area contributed by atoms with Crippen molar-refractivity contribution in [2.24, 2.45) is 0 Å². The Morgan fingerprint density at radius 2 is 1.58 bits per heavy atom. The van der Waals surface area contributed by atoms with E-state index in [2.05, 4.69) is 25.9 Å². The van der Waals surface area contributed by atoms with Crippen LogP contribution < -0.4 is 21.7 Å². The average molecular weight is 420 g/mol. The van der Waals surface area contributed by atoms with Crippen molar-refractivity contribution in [3.63, 3.8) is 0 Å². The standard InChI is InChI=1S/C21H20N6O4/c22-18-17(20(29)27-16-5-7-23-8-6-16)11-15(12-26-18)13-1-3-14(4-2-13)19(28)24-9-10-25-21(30)31/h1-8,11-12,25H,9-10H2,(H2,22,26)(H,24,28)(H,30,31)(H,23,27,29). The fourth-order valence-electron chi connectivity index (χ4n) is 2.71. The van der Waals surface area contributed by atoms with Gasteiger partial charge in [-0.25, -0.2) is 9.78 Å². The number of nitrogens with two attached hydrogens (primary N) is 1. The molecular weight excluding hydrogens is 400 g/mol. The molecule has 0 atom stereocenters. The SMILES string of the molecule is Nc1ncc(-c2ccc(C(=O)NCCNC(=O)O)cc2)cc1C(=O)Nc1ccncc1. The third-order valence-corrected chi connectivity index (χ3v) is 4.27. The number of nitrogens with zero attached hydrogens (tertiary/aromatic N) is 2. The second-order valence-electron chi connectivity index (χ2n) is 6.41. The number of nitrogens with one attached hydrogen (secondary N) is 3. The van der Waals surface area contributed by atoms with E-state index in [1.807, 2.05) is 0 Å². The van der Waals surface area contributed by atoms with Crippen LogP contribution >= 0.6 is 0 Å². The van der Waals surface area contributed by atoms with Gasteiger partial charge in [-0.2, -0.15) is 0 Å². The molecular formula is C21H20N6O4. The quantitative estimate of drug-likeness (QED) is 0.365. The summed E-state index contributed by atoms with van der Waals surface area (Å²) in [5.41, 5.74) is 8.51. The van der Waals surface area contributed by atoms with Crippen LogP contribution in [0.4, 0.5) is 16.3 Å². The van der Waals surface area contributed by atoms with Gasteiger partial charge >= 0.3 is 6.09 Å². The number of carbonyl (C=O) groups excluding carboxylic acids is 2. The van der Waals surface area contributed by atoms with Crippen LogP contribution in [0.2, 0.25) is 0 Å². The smallest absolute Gasteiger partial charge is 0.404 e. The number of aromatic nitrogens is 2. The lowest BCUT2D eigenvalue weighted by atomic mass is 10.0.